The third kappa shape index (κ3) is 3.66. The van der Waals surface area contributed by atoms with E-state index in [1.165, 1.54) is 0 Å². The third-order valence-electron chi connectivity index (χ3n) is 2.85. The topological polar surface area (TPSA) is 55.1 Å². The number of hydrogen-bond acceptors (Lipinski definition) is 2. The highest BCUT2D eigenvalue weighted by Crippen LogP contribution is 2.15. The van der Waals surface area contributed by atoms with E-state index >= 15 is 0 Å². The van der Waals surface area contributed by atoms with Gasteiger partial charge >= 0.3 is 0 Å². The quantitative estimate of drug-likeness (QED) is 0.910. The molecule has 2 rings (SSSR count). The van der Waals surface area contributed by atoms with Gasteiger partial charge in [0.1, 0.15) is 0 Å². The molecule has 0 atom stereocenters. The highest BCUT2D eigenvalue weighted by Gasteiger charge is 2.06. The number of rotatable bonds is 4. The van der Waals surface area contributed by atoms with Crippen molar-refractivity contribution in [1.29, 1.82) is 0 Å². The fourth-order valence-corrected chi connectivity index (χ4v) is 2.14. The predicted octanol–water partition coefficient (Wildman–Crippen LogP) is 2.84. The Kier molecular flexibility index (Phi) is 4.71. The molecular formula is C15H15BrN2O. The van der Waals surface area contributed by atoms with Gasteiger partial charge < -0.3 is 11.1 Å². The Bertz CT molecular complexity index is 567. The Morgan fingerprint density at radius 2 is 1.79 bits per heavy atom. The zero-order chi connectivity index (χ0) is 13.7. The minimum Gasteiger partial charge on any atom is -0.348 e. The second kappa shape index (κ2) is 6.50. The molecule has 0 heterocycles. The minimum atomic E-state index is -0.0840. The van der Waals surface area contributed by atoms with Gasteiger partial charge in [0.2, 0.25) is 0 Å². The fraction of sp³-hybridized carbons (Fsp3) is 0.133. The maximum absolute atomic E-state index is 12.0. The second-order valence-corrected chi connectivity index (χ2v) is 5.03. The van der Waals surface area contributed by atoms with Crippen LogP contribution in [0.25, 0.3) is 0 Å². The minimum absolute atomic E-state index is 0.0840. The molecule has 3 nitrogen and oxygen atoms in total. The normalized spacial score (nSPS) is 10.2. The van der Waals surface area contributed by atoms with Crippen molar-refractivity contribution in [3.8, 4) is 0 Å². The van der Waals surface area contributed by atoms with E-state index in [9.17, 15) is 4.79 Å². The molecule has 0 spiro atoms. The highest BCUT2D eigenvalue weighted by atomic mass is 79.9. The van der Waals surface area contributed by atoms with E-state index in [0.717, 1.165) is 15.6 Å². The molecular weight excluding hydrogens is 304 g/mol. The Morgan fingerprint density at radius 3 is 2.42 bits per heavy atom. The number of amides is 1. The standard InChI is InChI=1S/C15H15BrN2O/c16-14-4-2-1-3-13(14)10-18-15(19)12-7-5-11(9-17)6-8-12/h1-8H,9-10,17H2,(H,18,19). The molecule has 4 heteroatoms. The van der Waals surface area contributed by atoms with Crippen LogP contribution in [-0.4, -0.2) is 5.91 Å². The Morgan fingerprint density at radius 1 is 1.11 bits per heavy atom. The SMILES string of the molecule is NCc1ccc(C(=O)NCc2ccccc2Br)cc1. The van der Waals surface area contributed by atoms with E-state index in [1.54, 1.807) is 12.1 Å². The summed E-state index contributed by atoms with van der Waals surface area (Å²) in [6.45, 7) is 0.984. The maximum atomic E-state index is 12.0. The summed E-state index contributed by atoms with van der Waals surface area (Å²) in [6, 6.07) is 15.1. The van der Waals surface area contributed by atoms with Crippen molar-refractivity contribution in [2.75, 3.05) is 0 Å². The van der Waals surface area contributed by atoms with Gasteiger partial charge in [-0.15, -0.1) is 0 Å². The number of benzene rings is 2. The van der Waals surface area contributed by atoms with Gasteiger partial charge in [-0.25, -0.2) is 0 Å². The van der Waals surface area contributed by atoms with Crippen LogP contribution in [0, 0.1) is 0 Å². The van der Waals surface area contributed by atoms with Crippen LogP contribution >= 0.6 is 15.9 Å². The molecule has 2 aromatic rings. The van der Waals surface area contributed by atoms with Crippen molar-refractivity contribution in [2.45, 2.75) is 13.1 Å². The van der Waals surface area contributed by atoms with E-state index in [2.05, 4.69) is 21.2 Å². The summed E-state index contributed by atoms with van der Waals surface area (Å²) in [5, 5.41) is 2.89. The van der Waals surface area contributed by atoms with Crippen LogP contribution in [0.5, 0.6) is 0 Å². The Labute approximate surface area is 121 Å². The van der Waals surface area contributed by atoms with Gasteiger partial charge in [-0.2, -0.15) is 0 Å². The van der Waals surface area contributed by atoms with E-state index in [1.807, 2.05) is 36.4 Å². The highest BCUT2D eigenvalue weighted by molar-refractivity contribution is 9.10. The predicted molar refractivity (Wildman–Crippen MR) is 79.6 cm³/mol. The van der Waals surface area contributed by atoms with Crippen molar-refractivity contribution < 1.29 is 4.79 Å². The molecule has 0 aromatic heterocycles. The molecule has 0 aliphatic rings. The number of nitrogens with two attached hydrogens (primary N) is 1. The van der Waals surface area contributed by atoms with Crippen molar-refractivity contribution in [2.24, 2.45) is 5.73 Å². The molecule has 0 fully saturated rings. The molecule has 3 N–H and O–H groups in total. The molecule has 0 radical (unpaired) electrons. The Balaban J connectivity index is 1.99. The van der Waals surface area contributed by atoms with Gasteiger partial charge in [-0.05, 0) is 29.3 Å². The fourth-order valence-electron chi connectivity index (χ4n) is 1.71. The average molecular weight is 319 g/mol. The van der Waals surface area contributed by atoms with Gasteiger partial charge in [0, 0.05) is 23.1 Å². The molecule has 0 saturated carbocycles. The summed E-state index contributed by atoms with van der Waals surface area (Å²) in [6.07, 6.45) is 0. The first kappa shape index (κ1) is 13.8. The largest absolute Gasteiger partial charge is 0.348 e. The molecule has 0 aliphatic heterocycles. The van der Waals surface area contributed by atoms with Crippen molar-refractivity contribution in [3.63, 3.8) is 0 Å². The summed E-state index contributed by atoms with van der Waals surface area (Å²) in [5.74, 6) is -0.0840. The van der Waals surface area contributed by atoms with E-state index in [0.29, 0.717) is 18.7 Å². The van der Waals surface area contributed by atoms with E-state index in [4.69, 9.17) is 5.73 Å². The van der Waals surface area contributed by atoms with Gasteiger partial charge in [-0.3, -0.25) is 4.79 Å². The van der Waals surface area contributed by atoms with Crippen LogP contribution in [0.4, 0.5) is 0 Å². The molecule has 1 amide bonds. The van der Waals surface area contributed by atoms with Crippen LogP contribution < -0.4 is 11.1 Å². The van der Waals surface area contributed by atoms with Crippen LogP contribution in [0.3, 0.4) is 0 Å². The van der Waals surface area contributed by atoms with Crippen LogP contribution in [0.15, 0.2) is 53.0 Å². The summed E-state index contributed by atoms with van der Waals surface area (Å²) >= 11 is 3.46. The first-order valence-electron chi connectivity index (χ1n) is 6.01. The summed E-state index contributed by atoms with van der Waals surface area (Å²) < 4.78 is 0.994. The van der Waals surface area contributed by atoms with Crippen LogP contribution in [-0.2, 0) is 13.1 Å². The van der Waals surface area contributed by atoms with Crippen LogP contribution in [0.2, 0.25) is 0 Å². The van der Waals surface area contributed by atoms with E-state index in [-0.39, 0.29) is 5.91 Å². The average Bonchev–Trinajstić information content (AvgIpc) is 2.46. The first-order valence-corrected chi connectivity index (χ1v) is 6.80. The van der Waals surface area contributed by atoms with Gasteiger partial charge in [-0.1, -0.05) is 46.3 Å². The zero-order valence-corrected chi connectivity index (χ0v) is 12.0. The lowest BCUT2D eigenvalue weighted by Crippen LogP contribution is -2.22. The number of halogens is 1. The van der Waals surface area contributed by atoms with Gasteiger partial charge in [0.05, 0.1) is 0 Å². The number of carbonyl (C=O) groups is 1. The van der Waals surface area contributed by atoms with Gasteiger partial charge in [0.15, 0.2) is 0 Å². The molecule has 0 unspecified atom stereocenters. The molecule has 0 bridgehead atoms. The summed E-state index contributed by atoms with van der Waals surface area (Å²) in [7, 11) is 0. The molecule has 98 valence electrons. The third-order valence-corrected chi connectivity index (χ3v) is 3.62. The number of hydrogen-bond donors (Lipinski definition) is 2. The van der Waals surface area contributed by atoms with Gasteiger partial charge in [0.25, 0.3) is 5.91 Å². The monoisotopic (exact) mass is 318 g/mol. The maximum Gasteiger partial charge on any atom is 0.251 e. The lowest BCUT2D eigenvalue weighted by atomic mass is 10.1. The van der Waals surface area contributed by atoms with Crippen molar-refractivity contribution >= 4 is 21.8 Å². The molecule has 0 aliphatic carbocycles. The lowest BCUT2D eigenvalue weighted by Gasteiger charge is -2.07. The van der Waals surface area contributed by atoms with Crippen LogP contribution in [0.1, 0.15) is 21.5 Å². The smallest absolute Gasteiger partial charge is 0.251 e. The molecule has 2 aromatic carbocycles. The summed E-state index contributed by atoms with van der Waals surface area (Å²) in [5.41, 5.74) is 8.23. The first-order chi connectivity index (χ1) is 9.20. The number of carbonyl (C=O) groups excluding carboxylic acids is 1. The lowest BCUT2D eigenvalue weighted by molar-refractivity contribution is 0.0951. The Hall–Kier alpha value is -1.65. The summed E-state index contributed by atoms with van der Waals surface area (Å²) in [4.78, 5) is 12.0. The second-order valence-electron chi connectivity index (χ2n) is 4.18. The molecule has 0 saturated heterocycles. The van der Waals surface area contributed by atoms with Crippen molar-refractivity contribution in [3.05, 3.63) is 69.7 Å². The van der Waals surface area contributed by atoms with E-state index < -0.39 is 0 Å². The number of nitrogens with one attached hydrogen (secondary N) is 1. The molecule has 19 heavy (non-hydrogen) atoms. The van der Waals surface area contributed by atoms with Crippen molar-refractivity contribution in [1.82, 2.24) is 5.32 Å². The zero-order valence-electron chi connectivity index (χ0n) is 10.4.